The third kappa shape index (κ3) is 5.04. The predicted octanol–water partition coefficient (Wildman–Crippen LogP) is 5.05. The van der Waals surface area contributed by atoms with Crippen LogP contribution < -0.4 is 16.0 Å². The van der Waals surface area contributed by atoms with Crippen LogP contribution >= 0.6 is 0 Å². The number of nitrogens with zero attached hydrogens (tertiary/aromatic N) is 2. The number of benzene rings is 2. The van der Waals surface area contributed by atoms with Crippen molar-refractivity contribution in [1.82, 2.24) is 9.97 Å². The maximum absolute atomic E-state index is 11.1. The van der Waals surface area contributed by atoms with Crippen LogP contribution in [-0.2, 0) is 4.79 Å². The van der Waals surface area contributed by atoms with E-state index in [1.54, 1.807) is 12.3 Å². The number of carbonyl (C=O) groups is 1. The molecule has 1 heterocycles. The summed E-state index contributed by atoms with van der Waals surface area (Å²) >= 11 is 0. The van der Waals surface area contributed by atoms with E-state index in [4.69, 9.17) is 0 Å². The lowest BCUT2D eigenvalue weighted by Gasteiger charge is -2.14. The second kappa shape index (κ2) is 8.31. The molecule has 0 radical (unpaired) electrons. The molecule has 3 aromatic rings. The lowest BCUT2D eigenvalue weighted by atomic mass is 10.0. The third-order valence-electron chi connectivity index (χ3n) is 3.96. The molecule has 6 nitrogen and oxygen atoms in total. The van der Waals surface area contributed by atoms with Gasteiger partial charge in [-0.1, -0.05) is 32.0 Å². The molecular weight excluding hydrogens is 338 g/mol. The molecule has 1 aromatic heterocycles. The SMILES string of the molecule is CC(=O)Nc1ccc(Nc2ccnc(Nc3ccccc3C(C)C)n2)cc1. The molecule has 0 unspecified atom stereocenters. The monoisotopic (exact) mass is 361 g/mol. The largest absolute Gasteiger partial charge is 0.340 e. The lowest BCUT2D eigenvalue weighted by Crippen LogP contribution is -2.05. The first-order chi connectivity index (χ1) is 13.0. The molecule has 0 atom stereocenters. The minimum Gasteiger partial charge on any atom is -0.340 e. The van der Waals surface area contributed by atoms with E-state index in [9.17, 15) is 4.79 Å². The lowest BCUT2D eigenvalue weighted by molar-refractivity contribution is -0.114. The fourth-order valence-electron chi connectivity index (χ4n) is 2.71. The van der Waals surface area contributed by atoms with E-state index in [1.165, 1.54) is 12.5 Å². The number of aromatic nitrogens is 2. The molecule has 138 valence electrons. The number of carbonyl (C=O) groups excluding carboxylic acids is 1. The Labute approximate surface area is 159 Å². The first-order valence-corrected chi connectivity index (χ1v) is 8.85. The number of nitrogens with one attached hydrogen (secondary N) is 3. The fourth-order valence-corrected chi connectivity index (χ4v) is 2.71. The second-order valence-electron chi connectivity index (χ2n) is 6.52. The van der Waals surface area contributed by atoms with Gasteiger partial charge in [0.2, 0.25) is 11.9 Å². The van der Waals surface area contributed by atoms with Crippen LogP contribution in [0, 0.1) is 0 Å². The van der Waals surface area contributed by atoms with Crippen LogP contribution in [0.25, 0.3) is 0 Å². The highest BCUT2D eigenvalue weighted by molar-refractivity contribution is 5.88. The van der Waals surface area contributed by atoms with E-state index in [0.29, 0.717) is 17.7 Å². The molecule has 0 saturated carbocycles. The minimum absolute atomic E-state index is 0.0936. The van der Waals surface area contributed by atoms with Crippen LogP contribution in [-0.4, -0.2) is 15.9 Å². The summed E-state index contributed by atoms with van der Waals surface area (Å²) in [4.78, 5) is 19.9. The zero-order valence-electron chi connectivity index (χ0n) is 15.7. The molecular formula is C21H23N5O. The van der Waals surface area contributed by atoms with Crippen LogP contribution in [0.3, 0.4) is 0 Å². The highest BCUT2D eigenvalue weighted by Crippen LogP contribution is 2.26. The third-order valence-corrected chi connectivity index (χ3v) is 3.96. The number of para-hydroxylation sites is 1. The number of anilines is 5. The van der Waals surface area contributed by atoms with Gasteiger partial charge in [-0.05, 0) is 47.9 Å². The van der Waals surface area contributed by atoms with E-state index in [-0.39, 0.29) is 5.91 Å². The van der Waals surface area contributed by atoms with Crippen LogP contribution in [0.1, 0.15) is 32.3 Å². The maximum Gasteiger partial charge on any atom is 0.229 e. The second-order valence-corrected chi connectivity index (χ2v) is 6.52. The van der Waals surface area contributed by atoms with Gasteiger partial charge in [0, 0.05) is 30.2 Å². The Morgan fingerprint density at radius 1 is 0.926 bits per heavy atom. The molecule has 0 aliphatic rings. The molecule has 0 aliphatic carbocycles. The summed E-state index contributed by atoms with van der Waals surface area (Å²) in [5.41, 5.74) is 3.84. The van der Waals surface area contributed by atoms with Crippen LogP contribution in [0.15, 0.2) is 60.8 Å². The molecule has 3 rings (SSSR count). The van der Waals surface area contributed by atoms with Gasteiger partial charge >= 0.3 is 0 Å². The molecule has 2 aromatic carbocycles. The summed E-state index contributed by atoms with van der Waals surface area (Å²) in [6, 6.07) is 17.4. The Morgan fingerprint density at radius 3 is 2.33 bits per heavy atom. The van der Waals surface area contributed by atoms with E-state index in [1.807, 2.05) is 42.5 Å². The maximum atomic E-state index is 11.1. The summed E-state index contributed by atoms with van der Waals surface area (Å²) in [6.07, 6.45) is 1.71. The van der Waals surface area contributed by atoms with Gasteiger partial charge in [-0.15, -0.1) is 0 Å². The summed E-state index contributed by atoms with van der Waals surface area (Å²) in [5.74, 6) is 1.52. The van der Waals surface area contributed by atoms with Gasteiger partial charge in [-0.2, -0.15) is 4.98 Å². The minimum atomic E-state index is -0.0936. The summed E-state index contributed by atoms with van der Waals surface area (Å²) in [7, 11) is 0. The van der Waals surface area contributed by atoms with Crippen molar-refractivity contribution in [2.75, 3.05) is 16.0 Å². The fraction of sp³-hybridized carbons (Fsp3) is 0.190. The Balaban J connectivity index is 1.73. The molecule has 0 spiro atoms. The smallest absolute Gasteiger partial charge is 0.229 e. The number of hydrogen-bond donors (Lipinski definition) is 3. The van der Waals surface area contributed by atoms with Crippen molar-refractivity contribution in [2.45, 2.75) is 26.7 Å². The van der Waals surface area contributed by atoms with E-state index in [2.05, 4.69) is 45.8 Å². The highest BCUT2D eigenvalue weighted by Gasteiger charge is 2.08. The van der Waals surface area contributed by atoms with Crippen molar-refractivity contribution in [1.29, 1.82) is 0 Å². The Bertz CT molecular complexity index is 922. The van der Waals surface area contributed by atoms with Gasteiger partial charge in [0.1, 0.15) is 5.82 Å². The van der Waals surface area contributed by atoms with Crippen molar-refractivity contribution in [3.63, 3.8) is 0 Å². The van der Waals surface area contributed by atoms with E-state index < -0.39 is 0 Å². The number of amides is 1. The Kier molecular flexibility index (Phi) is 5.66. The van der Waals surface area contributed by atoms with Crippen molar-refractivity contribution in [2.24, 2.45) is 0 Å². The van der Waals surface area contributed by atoms with Gasteiger partial charge in [0.25, 0.3) is 0 Å². The molecule has 1 amide bonds. The Morgan fingerprint density at radius 2 is 1.63 bits per heavy atom. The van der Waals surface area contributed by atoms with Crippen molar-refractivity contribution in [3.8, 4) is 0 Å². The van der Waals surface area contributed by atoms with Gasteiger partial charge in [-0.3, -0.25) is 4.79 Å². The number of rotatable bonds is 6. The van der Waals surface area contributed by atoms with Gasteiger partial charge in [0.15, 0.2) is 0 Å². The first kappa shape index (κ1) is 18.4. The zero-order chi connectivity index (χ0) is 19.2. The predicted molar refractivity (Wildman–Crippen MR) is 110 cm³/mol. The van der Waals surface area contributed by atoms with Gasteiger partial charge < -0.3 is 16.0 Å². The van der Waals surface area contributed by atoms with Crippen molar-refractivity contribution in [3.05, 3.63) is 66.4 Å². The van der Waals surface area contributed by atoms with Crippen molar-refractivity contribution < 1.29 is 4.79 Å². The number of hydrogen-bond acceptors (Lipinski definition) is 5. The van der Waals surface area contributed by atoms with Crippen molar-refractivity contribution >= 4 is 34.7 Å². The normalized spacial score (nSPS) is 10.5. The van der Waals surface area contributed by atoms with E-state index >= 15 is 0 Å². The molecule has 0 aliphatic heterocycles. The topological polar surface area (TPSA) is 78.9 Å². The van der Waals surface area contributed by atoms with E-state index in [0.717, 1.165) is 17.1 Å². The average molecular weight is 361 g/mol. The Hall–Kier alpha value is -3.41. The molecule has 3 N–H and O–H groups in total. The average Bonchev–Trinajstić information content (AvgIpc) is 2.63. The molecule has 0 saturated heterocycles. The van der Waals surface area contributed by atoms with Crippen LogP contribution in [0.5, 0.6) is 0 Å². The van der Waals surface area contributed by atoms with Crippen LogP contribution in [0.2, 0.25) is 0 Å². The summed E-state index contributed by atoms with van der Waals surface area (Å²) in [5, 5.41) is 9.29. The molecule has 0 bridgehead atoms. The standard InChI is InChI=1S/C21H23N5O/c1-14(2)18-6-4-5-7-19(18)25-21-22-13-12-20(26-21)24-17-10-8-16(9-11-17)23-15(3)27/h4-14H,1-3H3,(H,23,27)(H2,22,24,25,26). The summed E-state index contributed by atoms with van der Waals surface area (Å²) < 4.78 is 0. The summed E-state index contributed by atoms with van der Waals surface area (Å²) in [6.45, 7) is 5.80. The molecule has 27 heavy (non-hydrogen) atoms. The van der Waals surface area contributed by atoms with Crippen LogP contribution in [0.4, 0.5) is 28.8 Å². The highest BCUT2D eigenvalue weighted by atomic mass is 16.1. The molecule has 0 fully saturated rings. The van der Waals surface area contributed by atoms with Gasteiger partial charge in [-0.25, -0.2) is 4.98 Å². The zero-order valence-corrected chi connectivity index (χ0v) is 15.7. The van der Waals surface area contributed by atoms with Gasteiger partial charge in [0.05, 0.1) is 0 Å². The quantitative estimate of drug-likeness (QED) is 0.573. The first-order valence-electron chi connectivity index (χ1n) is 8.85. The molecule has 6 heteroatoms.